The van der Waals surface area contributed by atoms with E-state index < -0.39 is 23.9 Å². The van der Waals surface area contributed by atoms with E-state index >= 15 is 0 Å². The van der Waals surface area contributed by atoms with Gasteiger partial charge in [-0.15, -0.1) is 0 Å². The Kier molecular flexibility index (Phi) is 5.26. The number of hydrogen-bond donors (Lipinski definition) is 2. The SMILES string of the molecule is CCOC(=O)C(NC=O)C(O)c1ccc(F)cc1. The van der Waals surface area contributed by atoms with E-state index in [1.807, 2.05) is 0 Å². The molecule has 0 aromatic heterocycles. The van der Waals surface area contributed by atoms with Crippen molar-refractivity contribution >= 4 is 12.4 Å². The topological polar surface area (TPSA) is 75.6 Å². The molecule has 1 rings (SSSR count). The third-order valence-electron chi connectivity index (χ3n) is 2.32. The number of ether oxygens (including phenoxy) is 1. The molecule has 5 nitrogen and oxygen atoms in total. The van der Waals surface area contributed by atoms with E-state index in [9.17, 15) is 19.1 Å². The maximum absolute atomic E-state index is 12.7. The second kappa shape index (κ2) is 6.70. The van der Waals surface area contributed by atoms with Gasteiger partial charge >= 0.3 is 5.97 Å². The number of halogens is 1. The highest BCUT2D eigenvalue weighted by atomic mass is 19.1. The van der Waals surface area contributed by atoms with Crippen LogP contribution >= 0.6 is 0 Å². The van der Waals surface area contributed by atoms with Gasteiger partial charge in [-0.25, -0.2) is 9.18 Å². The van der Waals surface area contributed by atoms with Crippen LogP contribution in [0.1, 0.15) is 18.6 Å². The van der Waals surface area contributed by atoms with Gasteiger partial charge in [-0.3, -0.25) is 4.79 Å². The Labute approximate surface area is 104 Å². The van der Waals surface area contributed by atoms with Gasteiger partial charge in [0.1, 0.15) is 11.9 Å². The van der Waals surface area contributed by atoms with Crippen LogP contribution in [0.15, 0.2) is 24.3 Å². The smallest absolute Gasteiger partial charge is 0.331 e. The number of hydrogen-bond acceptors (Lipinski definition) is 4. The number of amides is 1. The van der Waals surface area contributed by atoms with Crippen LogP contribution in [0, 0.1) is 5.82 Å². The lowest BCUT2D eigenvalue weighted by Gasteiger charge is -2.20. The maximum Gasteiger partial charge on any atom is 0.331 e. The molecule has 0 saturated heterocycles. The molecule has 0 spiro atoms. The van der Waals surface area contributed by atoms with Gasteiger partial charge in [-0.05, 0) is 24.6 Å². The van der Waals surface area contributed by atoms with Gasteiger partial charge in [0.25, 0.3) is 0 Å². The van der Waals surface area contributed by atoms with Crippen molar-refractivity contribution in [2.75, 3.05) is 6.61 Å². The van der Waals surface area contributed by atoms with Gasteiger partial charge in [-0.2, -0.15) is 0 Å². The zero-order chi connectivity index (χ0) is 13.5. The second-order valence-corrected chi connectivity index (χ2v) is 3.51. The summed E-state index contributed by atoms with van der Waals surface area (Å²) in [7, 11) is 0. The van der Waals surface area contributed by atoms with Crippen LogP contribution in [0.25, 0.3) is 0 Å². The van der Waals surface area contributed by atoms with E-state index in [-0.39, 0.29) is 6.61 Å². The molecule has 0 saturated carbocycles. The molecule has 6 heteroatoms. The predicted molar refractivity (Wildman–Crippen MR) is 61.0 cm³/mol. The fourth-order valence-corrected chi connectivity index (χ4v) is 1.45. The minimum Gasteiger partial charge on any atom is -0.464 e. The van der Waals surface area contributed by atoms with E-state index in [2.05, 4.69) is 5.32 Å². The minimum atomic E-state index is -1.30. The van der Waals surface area contributed by atoms with Crippen molar-refractivity contribution in [3.05, 3.63) is 35.6 Å². The van der Waals surface area contributed by atoms with Crippen LogP contribution < -0.4 is 5.32 Å². The molecular formula is C12H14FNO4. The van der Waals surface area contributed by atoms with Gasteiger partial charge < -0.3 is 15.2 Å². The van der Waals surface area contributed by atoms with Crippen LogP contribution in [0.3, 0.4) is 0 Å². The number of carbonyl (C=O) groups excluding carboxylic acids is 2. The predicted octanol–water partition coefficient (Wildman–Crippen LogP) is 0.537. The average molecular weight is 255 g/mol. The standard InChI is InChI=1S/C12H14FNO4/c1-2-18-12(17)10(14-7-15)11(16)8-3-5-9(13)6-4-8/h3-7,10-11,16H,2H2,1H3,(H,14,15). The molecule has 0 aliphatic carbocycles. The first kappa shape index (κ1) is 14.1. The van der Waals surface area contributed by atoms with Crippen molar-refractivity contribution < 1.29 is 23.8 Å². The monoisotopic (exact) mass is 255 g/mol. The number of aliphatic hydroxyl groups is 1. The summed E-state index contributed by atoms with van der Waals surface area (Å²) in [5, 5.41) is 12.1. The first-order valence-electron chi connectivity index (χ1n) is 5.40. The Morgan fingerprint density at radius 3 is 2.61 bits per heavy atom. The normalized spacial score (nSPS) is 13.5. The molecule has 0 aliphatic rings. The summed E-state index contributed by atoms with van der Waals surface area (Å²) in [6.45, 7) is 1.74. The molecule has 0 aliphatic heterocycles. The summed E-state index contributed by atoms with van der Waals surface area (Å²) in [6.07, 6.45) is -0.997. The molecule has 2 atom stereocenters. The fraction of sp³-hybridized carbons (Fsp3) is 0.333. The molecule has 0 fully saturated rings. The Balaban J connectivity index is 2.87. The van der Waals surface area contributed by atoms with Crippen LogP contribution in [0.5, 0.6) is 0 Å². The molecule has 0 bridgehead atoms. The molecule has 98 valence electrons. The minimum absolute atomic E-state index is 0.131. The van der Waals surface area contributed by atoms with E-state index in [1.54, 1.807) is 6.92 Å². The fourth-order valence-electron chi connectivity index (χ4n) is 1.45. The zero-order valence-electron chi connectivity index (χ0n) is 9.80. The lowest BCUT2D eigenvalue weighted by Crippen LogP contribution is -2.42. The first-order valence-corrected chi connectivity index (χ1v) is 5.40. The summed E-state index contributed by atoms with van der Waals surface area (Å²) in [5.41, 5.74) is 0.309. The number of rotatable bonds is 6. The summed E-state index contributed by atoms with van der Waals surface area (Å²) < 4.78 is 17.5. The van der Waals surface area contributed by atoms with Crippen molar-refractivity contribution in [2.45, 2.75) is 19.1 Å². The molecule has 0 radical (unpaired) electrons. The Hall–Kier alpha value is -1.95. The van der Waals surface area contributed by atoms with Crippen molar-refractivity contribution in [1.29, 1.82) is 0 Å². The number of esters is 1. The lowest BCUT2D eigenvalue weighted by molar-refractivity contribution is -0.149. The van der Waals surface area contributed by atoms with E-state index in [4.69, 9.17) is 4.74 Å². The van der Waals surface area contributed by atoms with Crippen LogP contribution in [-0.2, 0) is 14.3 Å². The summed E-state index contributed by atoms with van der Waals surface area (Å²) in [6, 6.07) is 3.76. The molecule has 18 heavy (non-hydrogen) atoms. The number of aliphatic hydroxyl groups excluding tert-OH is 1. The molecular weight excluding hydrogens is 241 g/mol. The van der Waals surface area contributed by atoms with Crippen LogP contribution in [0.4, 0.5) is 4.39 Å². The van der Waals surface area contributed by atoms with Crippen molar-refractivity contribution in [3.8, 4) is 0 Å². The summed E-state index contributed by atoms with van der Waals surface area (Å²) >= 11 is 0. The summed E-state index contributed by atoms with van der Waals surface area (Å²) in [5.74, 6) is -1.21. The van der Waals surface area contributed by atoms with Gasteiger partial charge in [0.2, 0.25) is 6.41 Å². The van der Waals surface area contributed by atoms with Gasteiger partial charge in [-0.1, -0.05) is 12.1 Å². The molecule has 1 aromatic rings. The van der Waals surface area contributed by atoms with E-state index in [0.717, 1.165) is 12.1 Å². The third kappa shape index (κ3) is 3.53. The van der Waals surface area contributed by atoms with Gasteiger partial charge in [0.15, 0.2) is 6.04 Å². The van der Waals surface area contributed by atoms with Gasteiger partial charge in [0, 0.05) is 0 Å². The number of carbonyl (C=O) groups is 2. The van der Waals surface area contributed by atoms with E-state index in [0.29, 0.717) is 12.0 Å². The zero-order valence-corrected chi connectivity index (χ0v) is 9.80. The highest BCUT2D eigenvalue weighted by Crippen LogP contribution is 2.18. The molecule has 1 aromatic carbocycles. The second-order valence-electron chi connectivity index (χ2n) is 3.51. The van der Waals surface area contributed by atoms with Crippen LogP contribution in [-0.4, -0.2) is 30.1 Å². The molecule has 2 unspecified atom stereocenters. The Morgan fingerprint density at radius 1 is 1.50 bits per heavy atom. The molecule has 0 heterocycles. The molecule has 1 amide bonds. The molecule has 2 N–H and O–H groups in total. The van der Waals surface area contributed by atoms with Gasteiger partial charge in [0.05, 0.1) is 6.61 Å². The van der Waals surface area contributed by atoms with Crippen molar-refractivity contribution in [3.63, 3.8) is 0 Å². The Bertz CT molecular complexity index is 407. The van der Waals surface area contributed by atoms with Crippen molar-refractivity contribution in [2.24, 2.45) is 0 Å². The third-order valence-corrected chi connectivity index (χ3v) is 2.32. The number of benzene rings is 1. The lowest BCUT2D eigenvalue weighted by atomic mass is 10.0. The quantitative estimate of drug-likeness (QED) is 0.574. The summed E-state index contributed by atoms with van der Waals surface area (Å²) in [4.78, 5) is 22.0. The first-order chi connectivity index (χ1) is 8.60. The number of nitrogens with one attached hydrogen (secondary N) is 1. The van der Waals surface area contributed by atoms with Crippen LogP contribution in [0.2, 0.25) is 0 Å². The average Bonchev–Trinajstić information content (AvgIpc) is 2.36. The van der Waals surface area contributed by atoms with E-state index in [1.165, 1.54) is 12.1 Å². The highest BCUT2D eigenvalue weighted by molar-refractivity contribution is 5.79. The van der Waals surface area contributed by atoms with Crippen molar-refractivity contribution in [1.82, 2.24) is 5.32 Å². The largest absolute Gasteiger partial charge is 0.464 e. The maximum atomic E-state index is 12.7. The Morgan fingerprint density at radius 2 is 2.11 bits per heavy atom. The highest BCUT2D eigenvalue weighted by Gasteiger charge is 2.28.